The van der Waals surface area contributed by atoms with Gasteiger partial charge >= 0.3 is 0 Å². The molecule has 0 fully saturated rings. The molecule has 8 nitrogen and oxygen atoms in total. The van der Waals surface area contributed by atoms with Crippen LogP contribution in [0.15, 0.2) is 70.3 Å². The lowest BCUT2D eigenvalue weighted by molar-refractivity contribution is 0.00171. The maximum atomic E-state index is 10.1. The number of aryl methyl sites for hydroxylation is 1. The number of aliphatic hydroxyl groups excluding tert-OH is 1. The van der Waals surface area contributed by atoms with Gasteiger partial charge in [-0.1, -0.05) is 17.8 Å². The molecule has 3 N–H and O–H groups in total. The number of anilines is 2. The van der Waals surface area contributed by atoms with Crippen molar-refractivity contribution in [2.45, 2.75) is 35.8 Å². The Morgan fingerprint density at radius 2 is 1.97 bits per heavy atom. The maximum absolute atomic E-state index is 10.1. The van der Waals surface area contributed by atoms with E-state index in [-0.39, 0.29) is 13.0 Å². The molecular weight excluding hydrogens is 458 g/mol. The van der Waals surface area contributed by atoms with E-state index in [0.717, 1.165) is 15.6 Å². The SMILES string of the molecule is Cc1ncccc1Oc1cc(Sc2ccccn2)cnc1Nc1nc(CC(C)(O)CO)cs1. The fourth-order valence-corrected chi connectivity index (χ4v) is 4.35. The molecule has 170 valence electrons. The van der Waals surface area contributed by atoms with Crippen molar-refractivity contribution in [3.63, 3.8) is 0 Å². The molecule has 33 heavy (non-hydrogen) atoms. The normalized spacial score (nSPS) is 12.8. The summed E-state index contributed by atoms with van der Waals surface area (Å²) in [6.07, 6.45) is 5.45. The third-order valence-electron chi connectivity index (χ3n) is 4.55. The molecule has 0 saturated carbocycles. The van der Waals surface area contributed by atoms with E-state index in [0.29, 0.717) is 28.1 Å². The van der Waals surface area contributed by atoms with Gasteiger partial charge in [0.1, 0.15) is 10.8 Å². The summed E-state index contributed by atoms with van der Waals surface area (Å²) in [6.45, 7) is 3.11. The molecule has 0 radical (unpaired) electrons. The van der Waals surface area contributed by atoms with Gasteiger partial charge in [0.05, 0.1) is 23.6 Å². The smallest absolute Gasteiger partial charge is 0.188 e. The summed E-state index contributed by atoms with van der Waals surface area (Å²) in [6, 6.07) is 11.3. The minimum atomic E-state index is -1.22. The van der Waals surface area contributed by atoms with Crippen LogP contribution in [0.4, 0.5) is 10.9 Å². The molecular formula is C23H23N5O3S2. The molecule has 0 saturated heterocycles. The molecule has 0 spiro atoms. The largest absolute Gasteiger partial charge is 0.452 e. The van der Waals surface area contributed by atoms with Gasteiger partial charge in [-0.2, -0.15) is 0 Å². The highest BCUT2D eigenvalue weighted by Gasteiger charge is 2.21. The van der Waals surface area contributed by atoms with E-state index in [1.165, 1.54) is 23.1 Å². The van der Waals surface area contributed by atoms with Crippen molar-refractivity contribution in [3.8, 4) is 11.5 Å². The predicted molar refractivity (Wildman–Crippen MR) is 128 cm³/mol. The van der Waals surface area contributed by atoms with Crippen molar-refractivity contribution in [2.24, 2.45) is 0 Å². The first-order valence-electron chi connectivity index (χ1n) is 10.1. The number of aliphatic hydroxyl groups is 2. The third kappa shape index (κ3) is 6.26. The van der Waals surface area contributed by atoms with Gasteiger partial charge in [0, 0.05) is 41.4 Å². The van der Waals surface area contributed by atoms with Crippen LogP contribution in [0, 0.1) is 6.92 Å². The van der Waals surface area contributed by atoms with E-state index in [1.807, 2.05) is 48.7 Å². The van der Waals surface area contributed by atoms with Crippen LogP contribution in [0.3, 0.4) is 0 Å². The zero-order chi connectivity index (χ0) is 23.3. The monoisotopic (exact) mass is 481 g/mol. The molecule has 4 aromatic rings. The first kappa shape index (κ1) is 23.1. The lowest BCUT2D eigenvalue weighted by Gasteiger charge is -2.18. The predicted octanol–water partition coefficient (Wildman–Crippen LogP) is 4.61. The summed E-state index contributed by atoms with van der Waals surface area (Å²) < 4.78 is 6.18. The number of rotatable bonds is 9. The molecule has 4 rings (SSSR count). The van der Waals surface area contributed by atoms with Crippen molar-refractivity contribution in [2.75, 3.05) is 11.9 Å². The first-order chi connectivity index (χ1) is 15.9. The van der Waals surface area contributed by atoms with Gasteiger partial charge < -0.3 is 20.3 Å². The van der Waals surface area contributed by atoms with Crippen molar-refractivity contribution >= 4 is 34.0 Å². The zero-order valence-corrected chi connectivity index (χ0v) is 19.7. The van der Waals surface area contributed by atoms with Crippen LogP contribution in [0.5, 0.6) is 11.5 Å². The summed E-state index contributed by atoms with van der Waals surface area (Å²) in [5.41, 5.74) is 0.212. The Labute approximate surface area is 199 Å². The van der Waals surface area contributed by atoms with Crippen LogP contribution in [0.25, 0.3) is 0 Å². The van der Waals surface area contributed by atoms with Crippen molar-refractivity contribution in [1.29, 1.82) is 0 Å². The summed E-state index contributed by atoms with van der Waals surface area (Å²) >= 11 is 2.87. The quantitative estimate of drug-likeness (QED) is 0.315. The van der Waals surface area contributed by atoms with E-state index in [2.05, 4.69) is 25.3 Å². The van der Waals surface area contributed by atoms with Gasteiger partial charge in [0.25, 0.3) is 0 Å². The fraction of sp³-hybridized carbons (Fsp3) is 0.217. The van der Waals surface area contributed by atoms with Gasteiger partial charge in [-0.25, -0.2) is 15.0 Å². The van der Waals surface area contributed by atoms with Crippen molar-refractivity contribution in [3.05, 3.63) is 71.8 Å². The van der Waals surface area contributed by atoms with Gasteiger partial charge in [-0.05, 0) is 38.1 Å². The van der Waals surface area contributed by atoms with Gasteiger partial charge in [0.15, 0.2) is 16.7 Å². The lowest BCUT2D eigenvalue weighted by atomic mass is 10.0. The first-order valence-corrected chi connectivity index (χ1v) is 11.8. The summed E-state index contributed by atoms with van der Waals surface area (Å²) in [5.74, 6) is 1.64. The highest BCUT2D eigenvalue weighted by molar-refractivity contribution is 7.99. The second kappa shape index (κ2) is 10.3. The van der Waals surface area contributed by atoms with Gasteiger partial charge in [-0.3, -0.25) is 4.98 Å². The molecule has 1 unspecified atom stereocenters. The maximum Gasteiger partial charge on any atom is 0.188 e. The van der Waals surface area contributed by atoms with Crippen LogP contribution in [-0.2, 0) is 6.42 Å². The van der Waals surface area contributed by atoms with E-state index in [1.54, 1.807) is 25.5 Å². The number of hydrogen-bond donors (Lipinski definition) is 3. The minimum Gasteiger partial charge on any atom is -0.452 e. The molecule has 0 bridgehead atoms. The van der Waals surface area contributed by atoms with Crippen molar-refractivity contribution in [1.82, 2.24) is 19.9 Å². The second-order valence-corrected chi connectivity index (χ2v) is 9.53. The molecule has 0 amide bonds. The summed E-state index contributed by atoms with van der Waals surface area (Å²) in [4.78, 5) is 18.6. The van der Waals surface area contributed by atoms with Crippen LogP contribution in [-0.4, -0.2) is 42.4 Å². The Hall–Kier alpha value is -3.05. The van der Waals surface area contributed by atoms with E-state index >= 15 is 0 Å². The van der Waals surface area contributed by atoms with Crippen molar-refractivity contribution < 1.29 is 14.9 Å². The van der Waals surface area contributed by atoms with E-state index in [9.17, 15) is 10.2 Å². The fourth-order valence-electron chi connectivity index (χ4n) is 2.87. The number of nitrogens with one attached hydrogen (secondary N) is 1. The third-order valence-corrected chi connectivity index (χ3v) is 6.26. The summed E-state index contributed by atoms with van der Waals surface area (Å²) in [5, 5.41) is 25.9. The van der Waals surface area contributed by atoms with Crippen LogP contribution < -0.4 is 10.1 Å². The minimum absolute atomic E-state index is 0.243. The van der Waals surface area contributed by atoms with Crippen LogP contribution in [0.2, 0.25) is 0 Å². The summed E-state index contributed by atoms with van der Waals surface area (Å²) in [7, 11) is 0. The Bertz CT molecular complexity index is 1220. The van der Waals surface area contributed by atoms with Gasteiger partial charge in [-0.15, -0.1) is 11.3 Å². The van der Waals surface area contributed by atoms with Gasteiger partial charge in [0.2, 0.25) is 0 Å². The molecule has 4 heterocycles. The number of aromatic nitrogens is 4. The Balaban J connectivity index is 1.61. The molecule has 0 aliphatic rings. The molecule has 0 aliphatic carbocycles. The lowest BCUT2D eigenvalue weighted by Crippen LogP contribution is -2.31. The Kier molecular flexibility index (Phi) is 7.19. The van der Waals surface area contributed by atoms with Crippen LogP contribution >= 0.6 is 23.1 Å². The highest BCUT2D eigenvalue weighted by atomic mass is 32.2. The molecule has 0 aliphatic heterocycles. The highest BCUT2D eigenvalue weighted by Crippen LogP contribution is 2.36. The number of nitrogens with zero attached hydrogens (tertiary/aromatic N) is 4. The molecule has 10 heteroatoms. The molecule has 0 aromatic carbocycles. The average molecular weight is 482 g/mol. The topological polar surface area (TPSA) is 113 Å². The van der Waals surface area contributed by atoms with E-state index < -0.39 is 5.60 Å². The number of ether oxygens (including phenoxy) is 1. The number of thiazole rings is 1. The second-order valence-electron chi connectivity index (χ2n) is 7.58. The average Bonchev–Trinajstić information content (AvgIpc) is 3.24. The standard InChI is InChI=1S/C23H23N5O3S2/c1-15-18(6-5-9-24-15)31-19-10-17(33-20-7-3-4-8-25-20)12-26-21(19)28-22-27-16(13-32-22)11-23(2,30)14-29/h3-10,12-13,29-30H,11,14H2,1-2H3,(H,26,27,28). The number of pyridine rings is 3. The zero-order valence-electron chi connectivity index (χ0n) is 18.1. The Morgan fingerprint density at radius 1 is 1.12 bits per heavy atom. The molecule has 4 aromatic heterocycles. The van der Waals surface area contributed by atoms with Crippen LogP contribution in [0.1, 0.15) is 18.3 Å². The van der Waals surface area contributed by atoms with E-state index in [4.69, 9.17) is 4.74 Å². The molecule has 1 atom stereocenters. The Morgan fingerprint density at radius 3 is 2.73 bits per heavy atom. The number of hydrogen-bond acceptors (Lipinski definition) is 10.